The molecule has 6 nitrogen and oxygen atoms in total. The molecule has 1 N–H and O–H groups in total. The Morgan fingerprint density at radius 1 is 1.15 bits per heavy atom. The molecule has 0 radical (unpaired) electrons. The predicted octanol–water partition coefficient (Wildman–Crippen LogP) is 4.00. The molecule has 188 valence electrons. The molecule has 0 aromatic carbocycles. The molecule has 2 aliphatic carbocycles. The molecule has 33 heavy (non-hydrogen) atoms. The van der Waals surface area contributed by atoms with Gasteiger partial charge in [0.2, 0.25) is 0 Å². The molecule has 2 saturated carbocycles. The molecule has 12 heteroatoms. The monoisotopic (exact) mass is 488 g/mol. The highest BCUT2D eigenvalue weighted by molar-refractivity contribution is 5.87. The van der Waals surface area contributed by atoms with Crippen molar-refractivity contribution >= 4 is 11.9 Å². The van der Waals surface area contributed by atoms with Crippen LogP contribution in [0.2, 0.25) is 0 Å². The van der Waals surface area contributed by atoms with E-state index in [9.17, 15) is 41.0 Å². The lowest BCUT2D eigenvalue weighted by Gasteiger charge is -2.47. The SMILES string of the molecule is C=C(C)C(=O)OC1CC(C2(OC(C)C(O)(C(F)(F)F)C(F)(F)F)CCCC2)C2CC1OC2=O. The van der Waals surface area contributed by atoms with Gasteiger partial charge < -0.3 is 19.3 Å². The first kappa shape index (κ1) is 25.8. The van der Waals surface area contributed by atoms with E-state index in [-0.39, 0.29) is 31.3 Å². The van der Waals surface area contributed by atoms with E-state index in [0.29, 0.717) is 19.8 Å². The minimum Gasteiger partial charge on any atom is -0.458 e. The molecule has 1 saturated heterocycles. The Labute approximate surface area is 186 Å². The van der Waals surface area contributed by atoms with E-state index in [0.717, 1.165) is 0 Å². The maximum absolute atomic E-state index is 13.4. The lowest BCUT2D eigenvalue weighted by Crippen LogP contribution is -2.66. The topological polar surface area (TPSA) is 82.1 Å². The number of carbonyl (C=O) groups excluding carboxylic acids is 2. The Balaban J connectivity index is 1.94. The van der Waals surface area contributed by atoms with Crippen molar-refractivity contribution in [3.63, 3.8) is 0 Å². The van der Waals surface area contributed by atoms with E-state index in [2.05, 4.69) is 6.58 Å². The second kappa shape index (κ2) is 8.44. The number of rotatable bonds is 6. The molecule has 1 heterocycles. The van der Waals surface area contributed by atoms with Crippen LogP contribution in [-0.2, 0) is 23.8 Å². The van der Waals surface area contributed by atoms with Crippen molar-refractivity contribution < 1.29 is 55.2 Å². The van der Waals surface area contributed by atoms with Crippen LogP contribution >= 0.6 is 0 Å². The zero-order valence-electron chi connectivity index (χ0n) is 18.1. The van der Waals surface area contributed by atoms with Gasteiger partial charge >= 0.3 is 24.3 Å². The van der Waals surface area contributed by atoms with Crippen LogP contribution in [0.3, 0.4) is 0 Å². The summed E-state index contributed by atoms with van der Waals surface area (Å²) in [6.07, 6.45) is -15.4. The summed E-state index contributed by atoms with van der Waals surface area (Å²) < 4.78 is 96.5. The van der Waals surface area contributed by atoms with Gasteiger partial charge in [0.25, 0.3) is 5.60 Å². The number of ether oxygens (including phenoxy) is 3. The fraction of sp³-hybridized carbons (Fsp3) is 0.810. The summed E-state index contributed by atoms with van der Waals surface area (Å²) in [6.45, 7) is 5.40. The summed E-state index contributed by atoms with van der Waals surface area (Å²) in [6, 6.07) is 0. The van der Waals surface area contributed by atoms with E-state index < -0.39 is 65.6 Å². The first-order chi connectivity index (χ1) is 15.0. The predicted molar refractivity (Wildman–Crippen MR) is 99.6 cm³/mol. The van der Waals surface area contributed by atoms with E-state index in [1.54, 1.807) is 0 Å². The molecule has 0 aromatic heterocycles. The molecule has 5 unspecified atom stereocenters. The molecular weight excluding hydrogens is 462 g/mol. The molecule has 3 fully saturated rings. The van der Waals surface area contributed by atoms with Gasteiger partial charge in [-0.25, -0.2) is 4.79 Å². The summed E-state index contributed by atoms with van der Waals surface area (Å²) in [5.74, 6) is -3.10. The number of hydrogen-bond donors (Lipinski definition) is 1. The summed E-state index contributed by atoms with van der Waals surface area (Å²) in [5, 5.41) is 9.80. The average molecular weight is 488 g/mol. The smallest absolute Gasteiger partial charge is 0.428 e. The van der Waals surface area contributed by atoms with Gasteiger partial charge in [-0.1, -0.05) is 19.4 Å². The van der Waals surface area contributed by atoms with E-state index in [4.69, 9.17) is 14.2 Å². The molecule has 3 rings (SSSR count). The van der Waals surface area contributed by atoms with E-state index in [1.165, 1.54) is 6.92 Å². The van der Waals surface area contributed by atoms with Crippen molar-refractivity contribution in [3.05, 3.63) is 12.2 Å². The summed E-state index contributed by atoms with van der Waals surface area (Å²) >= 11 is 0. The number of halogens is 6. The lowest BCUT2D eigenvalue weighted by molar-refractivity contribution is -0.401. The Bertz CT molecular complexity index is 786. The van der Waals surface area contributed by atoms with Crippen molar-refractivity contribution in [2.24, 2.45) is 11.8 Å². The highest BCUT2D eigenvalue weighted by atomic mass is 19.4. The van der Waals surface area contributed by atoms with Crippen LogP contribution in [0.1, 0.15) is 52.4 Å². The minimum absolute atomic E-state index is 0.0384. The third-order valence-corrected chi connectivity index (χ3v) is 7.04. The maximum atomic E-state index is 13.4. The second-order valence-electron chi connectivity index (χ2n) is 9.18. The summed E-state index contributed by atoms with van der Waals surface area (Å²) in [4.78, 5) is 24.5. The van der Waals surface area contributed by atoms with Gasteiger partial charge in [0.1, 0.15) is 18.3 Å². The van der Waals surface area contributed by atoms with Gasteiger partial charge in [-0.3, -0.25) is 4.79 Å². The van der Waals surface area contributed by atoms with Crippen LogP contribution in [0.5, 0.6) is 0 Å². The largest absolute Gasteiger partial charge is 0.458 e. The van der Waals surface area contributed by atoms with Crippen LogP contribution in [0.15, 0.2) is 12.2 Å². The van der Waals surface area contributed by atoms with Gasteiger partial charge in [0.05, 0.1) is 11.5 Å². The third-order valence-electron chi connectivity index (χ3n) is 7.04. The molecule has 0 spiro atoms. The minimum atomic E-state index is -6.05. The molecule has 0 amide bonds. The maximum Gasteiger partial charge on any atom is 0.428 e. The lowest BCUT2D eigenvalue weighted by atomic mass is 9.68. The van der Waals surface area contributed by atoms with Crippen molar-refractivity contribution in [2.75, 3.05) is 0 Å². The summed E-state index contributed by atoms with van der Waals surface area (Å²) in [7, 11) is 0. The highest BCUT2D eigenvalue weighted by Crippen LogP contribution is 2.54. The number of carbonyl (C=O) groups is 2. The number of fused-ring (bicyclic) bond motifs is 2. The summed E-state index contributed by atoms with van der Waals surface area (Å²) in [5.41, 5.74) is -6.58. The Morgan fingerprint density at radius 3 is 2.18 bits per heavy atom. The van der Waals surface area contributed by atoms with E-state index in [1.807, 2.05) is 0 Å². The molecule has 5 atom stereocenters. The fourth-order valence-corrected chi connectivity index (χ4v) is 5.31. The molecule has 3 aliphatic rings. The Kier molecular flexibility index (Phi) is 6.60. The number of esters is 2. The standard InChI is InChI=1S/C21H26F6O6/c1-10(2)16(28)31-15-9-13(12-8-14(15)32-17(12)29)18(6-4-5-7-18)33-11(3)19(30,20(22,23)24)21(25,26)27/h11-15,30H,1,4-9H2,2-3H3. The number of hydrogen-bond acceptors (Lipinski definition) is 6. The van der Waals surface area contributed by atoms with E-state index >= 15 is 0 Å². The zero-order chi connectivity index (χ0) is 25.0. The van der Waals surface area contributed by atoms with Crippen molar-refractivity contribution in [3.8, 4) is 0 Å². The van der Waals surface area contributed by atoms with Gasteiger partial charge in [-0.05, 0) is 33.1 Å². The first-order valence-corrected chi connectivity index (χ1v) is 10.6. The van der Waals surface area contributed by atoms with Crippen LogP contribution in [0, 0.1) is 11.8 Å². The Morgan fingerprint density at radius 2 is 1.70 bits per heavy atom. The van der Waals surface area contributed by atoms with Gasteiger partial charge in [-0.15, -0.1) is 0 Å². The quantitative estimate of drug-likeness (QED) is 0.346. The second-order valence-corrected chi connectivity index (χ2v) is 9.18. The van der Waals surface area contributed by atoms with Crippen LogP contribution in [0.25, 0.3) is 0 Å². The molecule has 2 bridgehead atoms. The van der Waals surface area contributed by atoms with Gasteiger partial charge in [0, 0.05) is 17.9 Å². The van der Waals surface area contributed by atoms with Crippen molar-refractivity contribution in [1.82, 2.24) is 0 Å². The zero-order valence-corrected chi connectivity index (χ0v) is 18.1. The Hall–Kier alpha value is -1.82. The van der Waals surface area contributed by atoms with Crippen LogP contribution in [-0.4, -0.2) is 58.9 Å². The molecule has 0 aromatic rings. The number of aliphatic hydroxyl groups is 1. The fourth-order valence-electron chi connectivity index (χ4n) is 5.31. The third kappa shape index (κ3) is 4.36. The van der Waals surface area contributed by atoms with Crippen molar-refractivity contribution in [1.29, 1.82) is 0 Å². The number of alkyl halides is 6. The van der Waals surface area contributed by atoms with Crippen molar-refractivity contribution in [2.45, 2.75) is 94.2 Å². The van der Waals surface area contributed by atoms with Crippen LogP contribution < -0.4 is 0 Å². The first-order valence-electron chi connectivity index (χ1n) is 10.6. The van der Waals surface area contributed by atoms with Crippen LogP contribution in [0.4, 0.5) is 26.3 Å². The van der Waals surface area contributed by atoms with Gasteiger partial charge in [-0.2, -0.15) is 26.3 Å². The average Bonchev–Trinajstić information content (AvgIpc) is 3.27. The van der Waals surface area contributed by atoms with Gasteiger partial charge in [0.15, 0.2) is 0 Å². The molecular formula is C21H26F6O6. The molecule has 1 aliphatic heterocycles. The highest BCUT2D eigenvalue weighted by Gasteiger charge is 2.74. The normalized spacial score (nSPS) is 30.6.